The number of benzene rings is 1. The summed E-state index contributed by atoms with van der Waals surface area (Å²) < 4.78 is 1.66. The van der Waals surface area contributed by atoms with E-state index in [1.807, 2.05) is 0 Å². The largest absolute Gasteiger partial charge is 0.507 e. The molecular formula is C9H8Br2O3. The van der Waals surface area contributed by atoms with Gasteiger partial charge in [0.25, 0.3) is 0 Å². The van der Waals surface area contributed by atoms with Crippen LogP contribution in [0.25, 0.3) is 0 Å². The zero-order valence-electron chi connectivity index (χ0n) is 7.08. The second kappa shape index (κ2) is 6.62. The first kappa shape index (κ1) is 13.2. The van der Waals surface area contributed by atoms with Crippen molar-refractivity contribution in [2.24, 2.45) is 0 Å². The third-order valence-electron chi connectivity index (χ3n) is 1.08. The number of hydrogen-bond acceptors (Lipinski definition) is 2. The van der Waals surface area contributed by atoms with Gasteiger partial charge in [0.2, 0.25) is 0 Å². The normalized spacial score (nSPS) is 8.43. The lowest BCUT2D eigenvalue weighted by Crippen LogP contribution is -1.82. The van der Waals surface area contributed by atoms with Crippen molar-refractivity contribution in [3.05, 3.63) is 39.8 Å². The van der Waals surface area contributed by atoms with Crippen LogP contribution in [-0.4, -0.2) is 16.2 Å². The minimum atomic E-state index is -0.981. The first-order valence-electron chi connectivity index (χ1n) is 3.46. The molecule has 0 saturated carbocycles. The molecule has 14 heavy (non-hydrogen) atoms. The Hall–Kier alpha value is -0.810. The summed E-state index contributed by atoms with van der Waals surface area (Å²) in [6.07, 6.45) is 0.833. The molecule has 1 rings (SSSR count). The quantitative estimate of drug-likeness (QED) is 0.780. The molecule has 1 aromatic carbocycles. The molecule has 0 spiro atoms. The number of aromatic hydroxyl groups is 1. The zero-order valence-corrected chi connectivity index (χ0v) is 10.2. The standard InChI is InChI=1S/C6H4Br2O.C3H4O2/c7-4-1-2-6(9)5(8)3-4;1-2-3(4)5/h1-3,9H;2H,1H2,(H,4,5). The van der Waals surface area contributed by atoms with E-state index in [0.29, 0.717) is 4.47 Å². The summed E-state index contributed by atoms with van der Waals surface area (Å²) in [5.74, 6) is -0.719. The fourth-order valence-electron chi connectivity index (χ4n) is 0.481. The highest BCUT2D eigenvalue weighted by molar-refractivity contribution is 9.11. The highest BCUT2D eigenvalue weighted by Crippen LogP contribution is 2.26. The smallest absolute Gasteiger partial charge is 0.327 e. The second-order valence-electron chi connectivity index (χ2n) is 2.14. The second-order valence-corrected chi connectivity index (χ2v) is 3.91. The highest BCUT2D eigenvalue weighted by Gasteiger charge is 1.94. The van der Waals surface area contributed by atoms with Crippen molar-refractivity contribution in [3.63, 3.8) is 0 Å². The van der Waals surface area contributed by atoms with Crippen LogP contribution in [0.1, 0.15) is 0 Å². The van der Waals surface area contributed by atoms with Gasteiger partial charge in [-0.1, -0.05) is 22.5 Å². The number of hydrogen-bond donors (Lipinski definition) is 2. The number of carboxylic acid groups (broad SMARTS) is 1. The van der Waals surface area contributed by atoms with Crippen LogP contribution in [0.3, 0.4) is 0 Å². The summed E-state index contributed by atoms with van der Waals surface area (Å²) in [6, 6.07) is 5.18. The maximum Gasteiger partial charge on any atom is 0.327 e. The molecule has 0 bridgehead atoms. The van der Waals surface area contributed by atoms with Crippen molar-refractivity contribution in [1.29, 1.82) is 0 Å². The van der Waals surface area contributed by atoms with E-state index in [4.69, 9.17) is 10.2 Å². The molecule has 2 N–H and O–H groups in total. The maximum absolute atomic E-state index is 9.25. The molecule has 0 aliphatic rings. The van der Waals surface area contributed by atoms with E-state index in [9.17, 15) is 4.79 Å². The molecule has 0 fully saturated rings. The van der Waals surface area contributed by atoms with E-state index >= 15 is 0 Å². The third kappa shape index (κ3) is 5.77. The van der Waals surface area contributed by atoms with Crippen LogP contribution >= 0.6 is 31.9 Å². The zero-order chi connectivity index (χ0) is 11.1. The third-order valence-corrected chi connectivity index (χ3v) is 2.21. The first-order valence-corrected chi connectivity index (χ1v) is 5.05. The van der Waals surface area contributed by atoms with E-state index in [1.165, 1.54) is 0 Å². The Labute approximate surface area is 98.3 Å². The van der Waals surface area contributed by atoms with Gasteiger partial charge >= 0.3 is 5.97 Å². The first-order chi connectivity index (χ1) is 6.47. The number of phenolic OH excluding ortho intramolecular Hbond substituents is 1. The molecule has 0 unspecified atom stereocenters. The lowest BCUT2D eigenvalue weighted by molar-refractivity contribution is -0.131. The highest BCUT2D eigenvalue weighted by atomic mass is 79.9. The van der Waals surface area contributed by atoms with E-state index in [2.05, 4.69) is 38.4 Å². The molecule has 0 heterocycles. The van der Waals surface area contributed by atoms with Crippen LogP contribution in [0.15, 0.2) is 39.8 Å². The fraction of sp³-hybridized carbons (Fsp3) is 0. The lowest BCUT2D eigenvalue weighted by Gasteiger charge is -1.94. The van der Waals surface area contributed by atoms with Gasteiger partial charge in [-0.15, -0.1) is 0 Å². The van der Waals surface area contributed by atoms with Crippen molar-refractivity contribution in [2.45, 2.75) is 0 Å². The molecule has 5 heteroatoms. The van der Waals surface area contributed by atoms with Gasteiger partial charge in [0.15, 0.2) is 0 Å². The monoisotopic (exact) mass is 322 g/mol. The predicted octanol–water partition coefficient (Wildman–Crippen LogP) is 3.17. The van der Waals surface area contributed by atoms with Crippen LogP contribution < -0.4 is 0 Å². The number of carbonyl (C=O) groups is 1. The molecule has 0 saturated heterocycles. The van der Waals surface area contributed by atoms with Crippen LogP contribution in [0.5, 0.6) is 5.75 Å². The predicted molar refractivity (Wildman–Crippen MR) is 61.3 cm³/mol. The van der Waals surface area contributed by atoms with Gasteiger partial charge in [-0.3, -0.25) is 0 Å². The molecule has 0 amide bonds. The Kier molecular flexibility index (Phi) is 6.23. The van der Waals surface area contributed by atoms with Crippen LogP contribution in [0.4, 0.5) is 0 Å². The summed E-state index contributed by atoms with van der Waals surface area (Å²) in [4.78, 5) is 9.25. The van der Waals surface area contributed by atoms with Gasteiger partial charge in [0.05, 0.1) is 4.47 Å². The number of aliphatic carboxylic acids is 1. The van der Waals surface area contributed by atoms with Gasteiger partial charge in [0.1, 0.15) is 5.75 Å². The summed E-state index contributed by atoms with van der Waals surface area (Å²) in [5, 5.41) is 16.6. The molecule has 3 nitrogen and oxygen atoms in total. The van der Waals surface area contributed by atoms with Crippen LogP contribution in [-0.2, 0) is 4.79 Å². The van der Waals surface area contributed by atoms with Crippen molar-refractivity contribution in [1.82, 2.24) is 0 Å². The van der Waals surface area contributed by atoms with Crippen molar-refractivity contribution >= 4 is 37.8 Å². The number of phenols is 1. The molecular weight excluding hydrogens is 316 g/mol. The van der Waals surface area contributed by atoms with Crippen molar-refractivity contribution in [2.75, 3.05) is 0 Å². The van der Waals surface area contributed by atoms with Gasteiger partial charge in [-0.25, -0.2) is 4.79 Å². The molecule has 0 aromatic heterocycles. The Morgan fingerprint density at radius 1 is 1.43 bits per heavy atom. The molecule has 1 aromatic rings. The lowest BCUT2D eigenvalue weighted by atomic mass is 10.3. The summed E-state index contributed by atoms with van der Waals surface area (Å²) in [5.41, 5.74) is 0. The Morgan fingerprint density at radius 3 is 2.21 bits per heavy atom. The Bertz CT molecular complexity index is 337. The minimum Gasteiger partial charge on any atom is -0.507 e. The van der Waals surface area contributed by atoms with Gasteiger partial charge in [-0.2, -0.15) is 0 Å². The summed E-state index contributed by atoms with van der Waals surface area (Å²) in [6.45, 7) is 2.96. The maximum atomic E-state index is 9.25. The Morgan fingerprint density at radius 2 is 1.93 bits per heavy atom. The molecule has 0 radical (unpaired) electrons. The number of carboxylic acids is 1. The van der Waals surface area contributed by atoms with Crippen LogP contribution in [0, 0.1) is 0 Å². The van der Waals surface area contributed by atoms with E-state index in [0.717, 1.165) is 10.5 Å². The SMILES string of the molecule is C=CC(=O)O.Oc1ccc(Br)cc1Br. The number of rotatable bonds is 1. The van der Waals surface area contributed by atoms with Crippen molar-refractivity contribution < 1.29 is 15.0 Å². The van der Waals surface area contributed by atoms with E-state index in [1.54, 1.807) is 18.2 Å². The Balaban J connectivity index is 0.000000292. The van der Waals surface area contributed by atoms with E-state index < -0.39 is 5.97 Å². The van der Waals surface area contributed by atoms with E-state index in [-0.39, 0.29) is 5.75 Å². The molecule has 0 aliphatic heterocycles. The fourth-order valence-corrected chi connectivity index (χ4v) is 1.53. The van der Waals surface area contributed by atoms with Gasteiger partial charge < -0.3 is 10.2 Å². The summed E-state index contributed by atoms with van der Waals surface area (Å²) >= 11 is 6.42. The molecule has 76 valence electrons. The van der Waals surface area contributed by atoms with Crippen molar-refractivity contribution in [3.8, 4) is 5.75 Å². The number of halogens is 2. The average Bonchev–Trinajstić information content (AvgIpc) is 2.13. The molecule has 0 aliphatic carbocycles. The topological polar surface area (TPSA) is 57.5 Å². The van der Waals surface area contributed by atoms with Gasteiger partial charge in [0, 0.05) is 10.5 Å². The molecule has 0 atom stereocenters. The van der Waals surface area contributed by atoms with Gasteiger partial charge in [-0.05, 0) is 34.1 Å². The minimum absolute atomic E-state index is 0.262. The summed E-state index contributed by atoms with van der Waals surface area (Å²) in [7, 11) is 0. The van der Waals surface area contributed by atoms with Crippen LogP contribution in [0.2, 0.25) is 0 Å². The average molecular weight is 324 g/mol.